The number of hydrogen-bond donors (Lipinski definition) is 1. The highest BCUT2D eigenvalue weighted by Crippen LogP contribution is 2.26. The summed E-state index contributed by atoms with van der Waals surface area (Å²) in [5.74, 6) is 0.814. The van der Waals surface area contributed by atoms with Gasteiger partial charge >= 0.3 is 0 Å². The Morgan fingerprint density at radius 2 is 2.16 bits per heavy atom. The zero-order chi connectivity index (χ0) is 13.8. The lowest BCUT2D eigenvalue weighted by atomic mass is 9.99. The maximum Gasteiger partial charge on any atom is 0.232 e. The van der Waals surface area contributed by atoms with Gasteiger partial charge in [0.2, 0.25) is 5.91 Å². The van der Waals surface area contributed by atoms with E-state index in [9.17, 15) is 9.18 Å². The molecule has 2 rings (SSSR count). The summed E-state index contributed by atoms with van der Waals surface area (Å²) in [4.78, 5) is 14.6. The molecule has 1 saturated heterocycles. The molecular weight excluding hydrogens is 263 g/mol. The number of carbonyl (C=O) groups excluding carboxylic acids is 1. The van der Waals surface area contributed by atoms with Crippen molar-refractivity contribution in [3.05, 3.63) is 24.0 Å². The lowest BCUT2D eigenvalue weighted by Crippen LogP contribution is -2.38. The molecule has 1 amide bonds. The van der Waals surface area contributed by atoms with Crippen LogP contribution in [0.15, 0.2) is 23.1 Å². The molecule has 1 aliphatic heterocycles. The van der Waals surface area contributed by atoms with Crippen molar-refractivity contribution in [1.82, 2.24) is 4.90 Å². The van der Waals surface area contributed by atoms with Gasteiger partial charge in [0.15, 0.2) is 0 Å². The van der Waals surface area contributed by atoms with Crippen LogP contribution in [-0.4, -0.2) is 29.6 Å². The number of rotatable bonds is 3. The third kappa shape index (κ3) is 3.86. The Kier molecular flexibility index (Phi) is 4.69. The molecule has 2 N–H and O–H groups in total. The van der Waals surface area contributed by atoms with Gasteiger partial charge in [-0.15, -0.1) is 11.8 Å². The third-order valence-electron chi connectivity index (χ3n) is 3.46. The second-order valence-corrected chi connectivity index (χ2v) is 6.05. The Bertz CT molecular complexity index is 459. The Morgan fingerprint density at radius 3 is 2.84 bits per heavy atom. The van der Waals surface area contributed by atoms with Crippen molar-refractivity contribution in [2.24, 2.45) is 5.92 Å². The fourth-order valence-electron chi connectivity index (χ4n) is 2.12. The smallest absolute Gasteiger partial charge is 0.232 e. The lowest BCUT2D eigenvalue weighted by Gasteiger charge is -2.30. The van der Waals surface area contributed by atoms with Crippen LogP contribution in [0.25, 0.3) is 0 Å². The number of hydrogen-bond acceptors (Lipinski definition) is 3. The largest absolute Gasteiger partial charge is 0.398 e. The van der Waals surface area contributed by atoms with Crippen LogP contribution in [0.2, 0.25) is 0 Å². The number of nitrogen functional groups attached to an aromatic ring is 1. The second-order valence-electron chi connectivity index (χ2n) is 5.03. The number of likely N-dealkylation sites (tertiary alicyclic amines) is 1. The topological polar surface area (TPSA) is 46.3 Å². The number of anilines is 1. The summed E-state index contributed by atoms with van der Waals surface area (Å²) in [5.41, 5.74) is 6.28. The highest BCUT2D eigenvalue weighted by molar-refractivity contribution is 8.00. The summed E-state index contributed by atoms with van der Waals surface area (Å²) in [6.45, 7) is 3.88. The molecule has 1 heterocycles. The normalized spacial score (nSPS) is 16.6. The van der Waals surface area contributed by atoms with E-state index in [-0.39, 0.29) is 11.7 Å². The minimum Gasteiger partial charge on any atom is -0.398 e. The van der Waals surface area contributed by atoms with E-state index >= 15 is 0 Å². The van der Waals surface area contributed by atoms with Gasteiger partial charge in [0.05, 0.1) is 5.75 Å². The van der Waals surface area contributed by atoms with Crippen molar-refractivity contribution in [2.45, 2.75) is 24.7 Å². The first-order valence-electron chi connectivity index (χ1n) is 6.52. The first-order valence-corrected chi connectivity index (χ1v) is 7.50. The maximum atomic E-state index is 13.1. The molecule has 0 aromatic heterocycles. The van der Waals surface area contributed by atoms with Gasteiger partial charge in [0.1, 0.15) is 5.82 Å². The van der Waals surface area contributed by atoms with Crippen molar-refractivity contribution in [2.75, 3.05) is 24.6 Å². The van der Waals surface area contributed by atoms with Gasteiger partial charge in [-0.3, -0.25) is 4.79 Å². The van der Waals surface area contributed by atoms with Crippen LogP contribution in [0.4, 0.5) is 10.1 Å². The van der Waals surface area contributed by atoms with Gasteiger partial charge < -0.3 is 10.6 Å². The average molecular weight is 282 g/mol. The molecule has 1 aromatic carbocycles. The molecule has 1 fully saturated rings. The highest BCUT2D eigenvalue weighted by atomic mass is 32.2. The zero-order valence-electron chi connectivity index (χ0n) is 11.1. The minimum atomic E-state index is -0.323. The number of carbonyl (C=O) groups is 1. The van der Waals surface area contributed by atoms with Gasteiger partial charge in [-0.05, 0) is 37.0 Å². The van der Waals surface area contributed by atoms with E-state index < -0.39 is 0 Å². The highest BCUT2D eigenvalue weighted by Gasteiger charge is 2.20. The monoisotopic (exact) mass is 282 g/mol. The third-order valence-corrected chi connectivity index (χ3v) is 4.52. The molecule has 104 valence electrons. The average Bonchev–Trinajstić information content (AvgIpc) is 2.40. The summed E-state index contributed by atoms with van der Waals surface area (Å²) in [7, 11) is 0. The Hall–Kier alpha value is -1.23. The SMILES string of the molecule is CC1CCN(C(=O)CSc2cc(F)ccc2N)CC1. The van der Waals surface area contributed by atoms with Crippen molar-refractivity contribution in [1.29, 1.82) is 0 Å². The first-order chi connectivity index (χ1) is 9.06. The number of nitrogens with two attached hydrogens (primary N) is 1. The van der Waals surface area contributed by atoms with Gasteiger partial charge in [-0.1, -0.05) is 6.92 Å². The number of nitrogens with zero attached hydrogens (tertiary/aromatic N) is 1. The standard InChI is InChI=1S/C14H19FN2OS/c1-10-4-6-17(7-5-10)14(18)9-19-13-8-11(15)2-3-12(13)16/h2-3,8,10H,4-7,9,16H2,1H3. The summed E-state index contributed by atoms with van der Waals surface area (Å²) in [6, 6.07) is 4.24. The van der Waals surface area contributed by atoms with E-state index in [0.717, 1.165) is 25.9 Å². The second kappa shape index (κ2) is 6.28. The molecule has 0 bridgehead atoms. The van der Waals surface area contributed by atoms with E-state index in [2.05, 4.69) is 6.92 Å². The molecule has 0 radical (unpaired) electrons. The number of thioether (sulfide) groups is 1. The van der Waals surface area contributed by atoms with Crippen LogP contribution in [-0.2, 0) is 4.79 Å². The molecule has 0 aliphatic carbocycles. The fourth-order valence-corrected chi connectivity index (χ4v) is 3.01. The van der Waals surface area contributed by atoms with Crippen LogP contribution >= 0.6 is 11.8 Å². The Morgan fingerprint density at radius 1 is 1.47 bits per heavy atom. The fraction of sp³-hybridized carbons (Fsp3) is 0.500. The predicted octanol–water partition coefficient (Wildman–Crippen LogP) is 2.76. The summed E-state index contributed by atoms with van der Waals surface area (Å²) in [6.07, 6.45) is 2.14. The van der Waals surface area contributed by atoms with E-state index in [0.29, 0.717) is 22.3 Å². The molecule has 3 nitrogen and oxygen atoms in total. The van der Waals surface area contributed by atoms with E-state index in [1.165, 1.54) is 30.0 Å². The lowest BCUT2D eigenvalue weighted by molar-refractivity contribution is -0.129. The molecule has 1 aliphatic rings. The van der Waals surface area contributed by atoms with Crippen molar-refractivity contribution >= 4 is 23.4 Å². The van der Waals surface area contributed by atoms with Gasteiger partial charge in [-0.2, -0.15) is 0 Å². The van der Waals surface area contributed by atoms with Crippen molar-refractivity contribution in [3.63, 3.8) is 0 Å². The summed E-state index contributed by atoms with van der Waals surface area (Å²) >= 11 is 1.31. The Labute approximate surface area is 117 Å². The molecule has 0 unspecified atom stereocenters. The molecule has 0 spiro atoms. The number of benzene rings is 1. The van der Waals surface area contributed by atoms with Crippen molar-refractivity contribution < 1.29 is 9.18 Å². The quantitative estimate of drug-likeness (QED) is 0.685. The molecular formula is C14H19FN2OS. The predicted molar refractivity (Wildman–Crippen MR) is 76.5 cm³/mol. The molecule has 19 heavy (non-hydrogen) atoms. The maximum absolute atomic E-state index is 13.1. The van der Waals surface area contributed by atoms with Crippen LogP contribution in [0.1, 0.15) is 19.8 Å². The van der Waals surface area contributed by atoms with Gasteiger partial charge in [-0.25, -0.2) is 4.39 Å². The van der Waals surface area contributed by atoms with E-state index in [1.807, 2.05) is 4.90 Å². The van der Waals surface area contributed by atoms with Crippen LogP contribution in [0.3, 0.4) is 0 Å². The van der Waals surface area contributed by atoms with Crippen LogP contribution < -0.4 is 5.73 Å². The van der Waals surface area contributed by atoms with Gasteiger partial charge in [0.25, 0.3) is 0 Å². The summed E-state index contributed by atoms with van der Waals surface area (Å²) in [5, 5.41) is 0. The van der Waals surface area contributed by atoms with E-state index in [1.54, 1.807) is 0 Å². The number of piperidine rings is 1. The Balaban J connectivity index is 1.88. The molecule has 0 saturated carbocycles. The van der Waals surface area contributed by atoms with Gasteiger partial charge in [0, 0.05) is 23.7 Å². The summed E-state index contributed by atoms with van der Waals surface area (Å²) < 4.78 is 13.1. The number of amides is 1. The first kappa shape index (κ1) is 14.2. The van der Waals surface area contributed by atoms with Crippen LogP contribution in [0.5, 0.6) is 0 Å². The zero-order valence-corrected chi connectivity index (χ0v) is 11.9. The van der Waals surface area contributed by atoms with Crippen molar-refractivity contribution in [3.8, 4) is 0 Å². The number of halogens is 1. The van der Waals surface area contributed by atoms with E-state index in [4.69, 9.17) is 5.73 Å². The molecule has 5 heteroatoms. The van der Waals surface area contributed by atoms with Crippen LogP contribution in [0, 0.1) is 11.7 Å². The minimum absolute atomic E-state index is 0.112. The molecule has 0 atom stereocenters. The molecule has 1 aromatic rings.